The molecule has 0 bridgehead atoms. The van der Waals surface area contributed by atoms with Gasteiger partial charge in [0.1, 0.15) is 0 Å². The Morgan fingerprint density at radius 1 is 0.806 bits per heavy atom. The lowest BCUT2D eigenvalue weighted by molar-refractivity contribution is 0.0814. The fraction of sp³-hybridized carbons (Fsp3) is 0.429. The van der Waals surface area contributed by atoms with E-state index < -0.39 is 8.24 Å². The summed E-state index contributed by atoms with van der Waals surface area (Å²) in [5, 5.41) is 2.95. The minimum atomic E-state index is -2.38. The van der Waals surface area contributed by atoms with Gasteiger partial charge in [-0.3, -0.25) is 0 Å². The highest BCUT2D eigenvalue weighted by Crippen LogP contribution is 2.50. The van der Waals surface area contributed by atoms with Crippen LogP contribution in [0.25, 0.3) is 0 Å². The van der Waals surface area contributed by atoms with Gasteiger partial charge < -0.3 is 9.72 Å². The number of hydrogen-bond acceptors (Lipinski definition) is 2. The van der Waals surface area contributed by atoms with Crippen molar-refractivity contribution < 1.29 is 4.74 Å². The van der Waals surface area contributed by atoms with Crippen molar-refractivity contribution in [2.24, 2.45) is 11.8 Å². The SMILES string of the molecule is COC1CC([Si](NC(C)(C)C)(c2ccc(C)cc2)c2ccc(C)cc2)C2C=CC=CC12. The Labute approximate surface area is 189 Å². The van der Waals surface area contributed by atoms with Gasteiger partial charge in [0.15, 0.2) is 8.24 Å². The Hall–Kier alpha value is -1.94. The second kappa shape index (κ2) is 8.53. The maximum absolute atomic E-state index is 6.06. The number of rotatable bonds is 5. The fourth-order valence-electron chi connectivity index (χ4n) is 5.76. The van der Waals surface area contributed by atoms with E-state index in [-0.39, 0.29) is 11.6 Å². The van der Waals surface area contributed by atoms with Gasteiger partial charge in [0.2, 0.25) is 0 Å². The van der Waals surface area contributed by atoms with Crippen LogP contribution in [0.4, 0.5) is 0 Å². The number of aryl methyl sites for hydroxylation is 2. The molecule has 31 heavy (non-hydrogen) atoms. The Kier molecular flexibility index (Phi) is 6.13. The molecular formula is C28H37NOSi. The molecule has 0 saturated heterocycles. The summed E-state index contributed by atoms with van der Waals surface area (Å²) in [5.41, 5.74) is 3.13. The second-order valence-electron chi connectivity index (χ2n) is 10.5. The van der Waals surface area contributed by atoms with Gasteiger partial charge in [-0.15, -0.1) is 0 Å². The standard InChI is InChI=1S/C28H37NOSi/c1-20-11-15-22(16-12-20)31(29-28(3,4)5,23-17-13-21(2)14-18-23)27-19-26(30-6)24-9-7-8-10-25(24)27/h7-18,24-27,29H,19H2,1-6H3. The van der Waals surface area contributed by atoms with Crippen LogP contribution >= 0.6 is 0 Å². The number of allylic oxidation sites excluding steroid dienone is 3. The summed E-state index contributed by atoms with van der Waals surface area (Å²) < 4.78 is 6.06. The fourth-order valence-corrected chi connectivity index (χ4v) is 11.5. The molecule has 4 rings (SSSR count). The monoisotopic (exact) mass is 431 g/mol. The third kappa shape index (κ3) is 4.24. The van der Waals surface area contributed by atoms with Crippen molar-refractivity contribution in [3.05, 3.63) is 84.0 Å². The van der Waals surface area contributed by atoms with E-state index in [1.54, 1.807) is 0 Å². The van der Waals surface area contributed by atoms with E-state index in [1.165, 1.54) is 21.5 Å². The molecular weight excluding hydrogens is 394 g/mol. The van der Waals surface area contributed by atoms with Crippen LogP contribution in [0.3, 0.4) is 0 Å². The van der Waals surface area contributed by atoms with E-state index in [2.05, 4.69) is 112 Å². The number of hydrogen-bond donors (Lipinski definition) is 1. The van der Waals surface area contributed by atoms with Crippen LogP contribution < -0.4 is 15.4 Å². The van der Waals surface area contributed by atoms with Crippen LogP contribution in [0, 0.1) is 25.7 Å². The first-order valence-corrected chi connectivity index (χ1v) is 13.6. The number of ether oxygens (including phenoxy) is 1. The average Bonchev–Trinajstić information content (AvgIpc) is 3.12. The highest BCUT2D eigenvalue weighted by Gasteiger charge is 2.56. The third-order valence-corrected chi connectivity index (χ3v) is 12.4. The van der Waals surface area contributed by atoms with Crippen molar-refractivity contribution in [3.63, 3.8) is 0 Å². The van der Waals surface area contributed by atoms with Crippen molar-refractivity contribution in [1.29, 1.82) is 0 Å². The molecule has 2 aliphatic rings. The zero-order valence-electron chi connectivity index (χ0n) is 19.9. The predicted octanol–water partition coefficient (Wildman–Crippen LogP) is 4.90. The number of nitrogens with one attached hydrogen (secondary N) is 1. The molecule has 2 nitrogen and oxygen atoms in total. The lowest BCUT2D eigenvalue weighted by Gasteiger charge is -2.46. The molecule has 164 valence electrons. The molecule has 0 heterocycles. The molecule has 0 aliphatic heterocycles. The van der Waals surface area contributed by atoms with Gasteiger partial charge in [-0.05, 0) is 62.9 Å². The van der Waals surface area contributed by atoms with Crippen molar-refractivity contribution in [2.75, 3.05) is 7.11 Å². The maximum atomic E-state index is 6.06. The number of fused-ring (bicyclic) bond motifs is 1. The third-order valence-electron chi connectivity index (χ3n) is 7.05. The minimum absolute atomic E-state index is 0.00311. The van der Waals surface area contributed by atoms with E-state index in [0.29, 0.717) is 17.4 Å². The summed E-state index contributed by atoms with van der Waals surface area (Å²) in [4.78, 5) is 4.29. The molecule has 4 atom stereocenters. The number of methoxy groups -OCH3 is 1. The van der Waals surface area contributed by atoms with Crippen LogP contribution in [-0.4, -0.2) is 27.0 Å². The summed E-state index contributed by atoms with van der Waals surface area (Å²) in [6.07, 6.45) is 10.6. The Balaban J connectivity index is 1.96. The van der Waals surface area contributed by atoms with Crippen LogP contribution in [0.15, 0.2) is 72.8 Å². The largest absolute Gasteiger partial charge is 0.381 e. The molecule has 1 N–H and O–H groups in total. The molecule has 0 aromatic heterocycles. The molecule has 2 aromatic carbocycles. The van der Waals surface area contributed by atoms with Crippen LogP contribution in [0.2, 0.25) is 5.54 Å². The van der Waals surface area contributed by atoms with Crippen molar-refractivity contribution in [1.82, 2.24) is 4.98 Å². The van der Waals surface area contributed by atoms with Gasteiger partial charge >= 0.3 is 0 Å². The van der Waals surface area contributed by atoms with Gasteiger partial charge in [-0.25, -0.2) is 0 Å². The Bertz CT molecular complexity index is 907. The van der Waals surface area contributed by atoms with Crippen LogP contribution in [-0.2, 0) is 4.74 Å². The lowest BCUT2D eigenvalue weighted by Crippen LogP contribution is -2.75. The molecule has 0 spiro atoms. The van der Waals surface area contributed by atoms with E-state index in [1.807, 2.05) is 7.11 Å². The molecule has 0 amide bonds. The smallest absolute Gasteiger partial charge is 0.194 e. The molecule has 1 fully saturated rings. The number of benzene rings is 2. The molecule has 1 saturated carbocycles. The van der Waals surface area contributed by atoms with Crippen LogP contribution in [0.1, 0.15) is 38.3 Å². The van der Waals surface area contributed by atoms with E-state index in [0.717, 1.165) is 6.42 Å². The summed E-state index contributed by atoms with van der Waals surface area (Å²) in [5.74, 6) is 0.934. The lowest BCUT2D eigenvalue weighted by atomic mass is 9.90. The van der Waals surface area contributed by atoms with Crippen molar-refractivity contribution >= 4 is 18.6 Å². The first kappa shape index (κ1) is 22.3. The van der Waals surface area contributed by atoms with Crippen molar-refractivity contribution in [2.45, 2.75) is 58.2 Å². The van der Waals surface area contributed by atoms with Gasteiger partial charge in [-0.2, -0.15) is 0 Å². The molecule has 2 aliphatic carbocycles. The molecule has 0 radical (unpaired) electrons. The molecule has 2 aromatic rings. The molecule has 4 unspecified atom stereocenters. The van der Waals surface area contributed by atoms with Gasteiger partial charge in [0, 0.05) is 18.6 Å². The molecule has 3 heteroatoms. The topological polar surface area (TPSA) is 21.3 Å². The summed E-state index contributed by atoms with van der Waals surface area (Å²) in [6.45, 7) is 11.3. The zero-order chi connectivity index (χ0) is 22.2. The van der Waals surface area contributed by atoms with Gasteiger partial charge in [-0.1, -0.05) is 84.0 Å². The Morgan fingerprint density at radius 2 is 1.29 bits per heavy atom. The second-order valence-corrected chi connectivity index (χ2v) is 14.2. The first-order valence-electron chi connectivity index (χ1n) is 11.6. The van der Waals surface area contributed by atoms with E-state index in [9.17, 15) is 0 Å². The van der Waals surface area contributed by atoms with E-state index in [4.69, 9.17) is 4.74 Å². The van der Waals surface area contributed by atoms with E-state index >= 15 is 0 Å². The highest BCUT2D eigenvalue weighted by molar-refractivity contribution is 7.01. The zero-order valence-corrected chi connectivity index (χ0v) is 20.9. The Morgan fingerprint density at radius 3 is 1.74 bits per heavy atom. The first-order chi connectivity index (χ1) is 14.7. The summed E-state index contributed by atoms with van der Waals surface area (Å²) in [6, 6.07) is 18.7. The van der Waals surface area contributed by atoms with Crippen LogP contribution in [0.5, 0.6) is 0 Å². The summed E-state index contributed by atoms with van der Waals surface area (Å²) in [7, 11) is -0.494. The van der Waals surface area contributed by atoms with Gasteiger partial charge in [0.25, 0.3) is 0 Å². The normalized spacial score (nSPS) is 25.6. The predicted molar refractivity (Wildman–Crippen MR) is 135 cm³/mol. The highest BCUT2D eigenvalue weighted by atomic mass is 28.3. The summed E-state index contributed by atoms with van der Waals surface area (Å²) >= 11 is 0. The quantitative estimate of drug-likeness (QED) is 0.680. The van der Waals surface area contributed by atoms with Gasteiger partial charge in [0.05, 0.1) is 6.10 Å². The average molecular weight is 432 g/mol. The minimum Gasteiger partial charge on any atom is -0.381 e. The van der Waals surface area contributed by atoms with Crippen molar-refractivity contribution in [3.8, 4) is 0 Å². The maximum Gasteiger partial charge on any atom is 0.194 e.